The Bertz CT molecular complexity index is 440. The molecule has 0 aliphatic heterocycles. The van der Waals surface area contributed by atoms with Crippen LogP contribution in [-0.4, -0.2) is 12.4 Å². The fourth-order valence-corrected chi connectivity index (χ4v) is 1.57. The maximum Gasteiger partial charge on any atom is 0.420 e. The molecule has 0 atom stereocenters. The molecule has 0 saturated heterocycles. The van der Waals surface area contributed by atoms with E-state index in [9.17, 15) is 13.2 Å². The van der Waals surface area contributed by atoms with Crippen molar-refractivity contribution in [3.8, 4) is 11.8 Å². The van der Waals surface area contributed by atoms with E-state index in [0.29, 0.717) is 12.2 Å². The van der Waals surface area contributed by atoms with Crippen LogP contribution in [0.1, 0.15) is 24.0 Å². The van der Waals surface area contributed by atoms with Gasteiger partial charge in [-0.25, -0.2) is 0 Å². The lowest BCUT2D eigenvalue weighted by atomic mass is 10.1. The van der Waals surface area contributed by atoms with Crippen LogP contribution in [0.15, 0.2) is 18.2 Å². The van der Waals surface area contributed by atoms with Crippen LogP contribution in [0.2, 0.25) is 0 Å². The zero-order valence-corrected chi connectivity index (χ0v) is 10.4. The fourth-order valence-electron chi connectivity index (χ4n) is 1.34. The minimum absolute atomic E-state index is 0.0370. The van der Waals surface area contributed by atoms with Gasteiger partial charge >= 0.3 is 6.18 Å². The van der Waals surface area contributed by atoms with Crippen LogP contribution in [0.25, 0.3) is 0 Å². The van der Waals surface area contributed by atoms with E-state index in [2.05, 4.69) is 12.6 Å². The van der Waals surface area contributed by atoms with Crippen molar-refractivity contribution in [1.29, 1.82) is 5.26 Å². The Morgan fingerprint density at radius 2 is 2.00 bits per heavy atom. The van der Waals surface area contributed by atoms with Gasteiger partial charge in [0.2, 0.25) is 0 Å². The van der Waals surface area contributed by atoms with Gasteiger partial charge in [0.1, 0.15) is 5.75 Å². The standard InChI is InChI=1S/C12H12F3NOS/c13-12(14,15)10-7-9(8-16)3-4-11(10)17-5-1-2-6-18/h3-4,7,18H,1-2,5-6H2. The van der Waals surface area contributed by atoms with Gasteiger partial charge in [-0.05, 0) is 36.8 Å². The second kappa shape index (κ2) is 6.55. The molecule has 1 aromatic rings. The first-order valence-corrected chi connectivity index (χ1v) is 5.97. The lowest BCUT2D eigenvalue weighted by Crippen LogP contribution is -2.10. The third kappa shape index (κ3) is 4.15. The van der Waals surface area contributed by atoms with E-state index in [4.69, 9.17) is 10.00 Å². The number of hydrogen-bond donors (Lipinski definition) is 1. The van der Waals surface area contributed by atoms with E-state index in [1.165, 1.54) is 12.1 Å². The Labute approximate surface area is 109 Å². The Morgan fingerprint density at radius 3 is 2.56 bits per heavy atom. The molecule has 0 aliphatic rings. The average Bonchev–Trinajstić information content (AvgIpc) is 2.33. The Morgan fingerprint density at radius 1 is 1.28 bits per heavy atom. The number of thiol groups is 1. The molecule has 1 aromatic carbocycles. The summed E-state index contributed by atoms with van der Waals surface area (Å²) in [6.45, 7) is 0.204. The number of hydrogen-bond acceptors (Lipinski definition) is 3. The largest absolute Gasteiger partial charge is 0.493 e. The van der Waals surface area contributed by atoms with Crippen molar-refractivity contribution in [3.05, 3.63) is 29.3 Å². The molecule has 0 heterocycles. The number of alkyl halides is 3. The van der Waals surface area contributed by atoms with Crippen molar-refractivity contribution < 1.29 is 17.9 Å². The average molecular weight is 275 g/mol. The molecule has 0 amide bonds. The van der Waals surface area contributed by atoms with Crippen LogP contribution in [0.4, 0.5) is 13.2 Å². The molecule has 0 aromatic heterocycles. The van der Waals surface area contributed by atoms with Crippen molar-refractivity contribution in [3.63, 3.8) is 0 Å². The van der Waals surface area contributed by atoms with Gasteiger partial charge in [-0.3, -0.25) is 0 Å². The molecule has 98 valence electrons. The van der Waals surface area contributed by atoms with Gasteiger partial charge in [-0.15, -0.1) is 0 Å². The van der Waals surface area contributed by atoms with Crippen LogP contribution >= 0.6 is 12.6 Å². The van der Waals surface area contributed by atoms with Crippen molar-refractivity contribution in [2.24, 2.45) is 0 Å². The van der Waals surface area contributed by atoms with Gasteiger partial charge in [-0.1, -0.05) is 0 Å². The minimum atomic E-state index is -4.52. The highest BCUT2D eigenvalue weighted by Gasteiger charge is 2.34. The van der Waals surface area contributed by atoms with Gasteiger partial charge in [0.25, 0.3) is 0 Å². The van der Waals surface area contributed by atoms with Crippen LogP contribution in [0.5, 0.6) is 5.75 Å². The molecular weight excluding hydrogens is 263 g/mol. The summed E-state index contributed by atoms with van der Waals surface area (Å²) in [5.74, 6) is 0.434. The summed E-state index contributed by atoms with van der Waals surface area (Å²) < 4.78 is 43.3. The molecule has 0 spiro atoms. The molecule has 0 saturated carbocycles. The summed E-state index contributed by atoms with van der Waals surface area (Å²) in [5.41, 5.74) is -0.947. The maximum absolute atomic E-state index is 12.7. The van der Waals surface area contributed by atoms with Crippen LogP contribution < -0.4 is 4.74 Å². The first-order chi connectivity index (χ1) is 8.49. The zero-order valence-electron chi connectivity index (χ0n) is 9.50. The summed E-state index contributed by atoms with van der Waals surface area (Å²) in [7, 11) is 0. The molecule has 0 bridgehead atoms. The molecule has 6 heteroatoms. The van der Waals surface area contributed by atoms with E-state index in [0.717, 1.165) is 12.5 Å². The van der Waals surface area contributed by atoms with Crippen molar-refractivity contribution in [2.75, 3.05) is 12.4 Å². The summed E-state index contributed by atoms with van der Waals surface area (Å²) in [4.78, 5) is 0. The SMILES string of the molecule is N#Cc1ccc(OCCCCS)c(C(F)(F)F)c1. The Hall–Kier alpha value is -1.35. The highest BCUT2D eigenvalue weighted by molar-refractivity contribution is 7.80. The molecule has 0 aliphatic carbocycles. The smallest absolute Gasteiger partial charge is 0.420 e. The molecule has 2 nitrogen and oxygen atoms in total. The highest BCUT2D eigenvalue weighted by atomic mass is 32.1. The van der Waals surface area contributed by atoms with Gasteiger partial charge < -0.3 is 4.74 Å². The quantitative estimate of drug-likeness (QED) is 0.657. The second-order valence-electron chi connectivity index (χ2n) is 3.60. The lowest BCUT2D eigenvalue weighted by Gasteiger charge is -2.14. The van der Waals surface area contributed by atoms with Gasteiger partial charge in [0.05, 0.1) is 23.8 Å². The van der Waals surface area contributed by atoms with Gasteiger partial charge in [0, 0.05) is 0 Å². The second-order valence-corrected chi connectivity index (χ2v) is 4.05. The highest BCUT2D eigenvalue weighted by Crippen LogP contribution is 2.36. The molecule has 0 N–H and O–H groups in total. The fraction of sp³-hybridized carbons (Fsp3) is 0.417. The monoisotopic (exact) mass is 275 g/mol. The maximum atomic E-state index is 12.7. The van der Waals surface area contributed by atoms with Crippen LogP contribution in [0, 0.1) is 11.3 Å². The number of rotatable bonds is 5. The van der Waals surface area contributed by atoms with E-state index in [1.807, 2.05) is 0 Å². The first-order valence-electron chi connectivity index (χ1n) is 5.34. The van der Waals surface area contributed by atoms with Crippen molar-refractivity contribution in [1.82, 2.24) is 0 Å². The molecule has 18 heavy (non-hydrogen) atoms. The summed E-state index contributed by atoms with van der Waals surface area (Å²) in [6.07, 6.45) is -3.10. The molecule has 0 fully saturated rings. The predicted octanol–water partition coefficient (Wildman–Crippen LogP) is 3.67. The number of nitriles is 1. The summed E-state index contributed by atoms with van der Waals surface area (Å²) in [5, 5.41) is 8.60. The Balaban J connectivity index is 2.87. The first kappa shape index (κ1) is 14.7. The normalized spacial score (nSPS) is 11.1. The van der Waals surface area contributed by atoms with Crippen LogP contribution in [0.3, 0.4) is 0 Å². The third-order valence-electron chi connectivity index (χ3n) is 2.22. The van der Waals surface area contributed by atoms with Crippen molar-refractivity contribution in [2.45, 2.75) is 19.0 Å². The van der Waals surface area contributed by atoms with Gasteiger partial charge in [0.15, 0.2) is 0 Å². The summed E-state index contributed by atoms with van der Waals surface area (Å²) in [6, 6.07) is 4.97. The summed E-state index contributed by atoms with van der Waals surface area (Å²) >= 11 is 4.00. The molecule has 1 rings (SSSR count). The van der Waals surface area contributed by atoms with E-state index < -0.39 is 11.7 Å². The number of halogens is 3. The number of ether oxygens (including phenoxy) is 1. The van der Waals surface area contributed by atoms with E-state index >= 15 is 0 Å². The Kier molecular flexibility index (Phi) is 5.35. The molecule has 0 radical (unpaired) electrons. The van der Waals surface area contributed by atoms with Crippen molar-refractivity contribution >= 4 is 12.6 Å². The molecule has 0 unspecified atom stereocenters. The zero-order chi connectivity index (χ0) is 13.6. The lowest BCUT2D eigenvalue weighted by molar-refractivity contribution is -0.139. The predicted molar refractivity (Wildman–Crippen MR) is 64.7 cm³/mol. The van der Waals surface area contributed by atoms with E-state index in [-0.39, 0.29) is 17.9 Å². The minimum Gasteiger partial charge on any atom is -0.493 e. The van der Waals surface area contributed by atoms with E-state index in [1.54, 1.807) is 6.07 Å². The van der Waals surface area contributed by atoms with Crippen LogP contribution in [-0.2, 0) is 6.18 Å². The number of benzene rings is 1. The number of unbranched alkanes of at least 4 members (excludes halogenated alkanes) is 1. The van der Waals surface area contributed by atoms with Gasteiger partial charge in [-0.2, -0.15) is 31.1 Å². The number of nitrogens with zero attached hydrogens (tertiary/aromatic N) is 1. The third-order valence-corrected chi connectivity index (χ3v) is 2.54. The topological polar surface area (TPSA) is 33.0 Å². The molecular formula is C12H12F3NOS.